The number of carboxylic acid groups (broad SMARTS) is 2. The van der Waals surface area contributed by atoms with Crippen LogP contribution in [0.3, 0.4) is 0 Å². The summed E-state index contributed by atoms with van der Waals surface area (Å²) in [6.07, 6.45) is 0. The quantitative estimate of drug-likeness (QED) is 0.518. The van der Waals surface area contributed by atoms with Gasteiger partial charge >= 0.3 is 11.9 Å². The largest absolute Gasteiger partial charge is 0.478 e. The first-order valence-corrected chi connectivity index (χ1v) is 4.29. The van der Waals surface area contributed by atoms with Gasteiger partial charge in [-0.05, 0) is 13.8 Å². The van der Waals surface area contributed by atoms with Gasteiger partial charge in [-0.15, -0.1) is 0 Å². The molecule has 0 unspecified atom stereocenters. The van der Waals surface area contributed by atoms with Crippen molar-refractivity contribution in [2.24, 2.45) is 5.73 Å². The topological polar surface area (TPSA) is 121 Å². The van der Waals surface area contributed by atoms with Gasteiger partial charge in [0.25, 0.3) is 0 Å². The van der Waals surface area contributed by atoms with Crippen LogP contribution in [0.1, 0.15) is 13.8 Å². The third-order valence-corrected chi connectivity index (χ3v) is 0.859. The van der Waals surface area contributed by atoms with Crippen molar-refractivity contribution in [1.29, 1.82) is 0 Å². The van der Waals surface area contributed by atoms with Crippen LogP contribution in [0.15, 0.2) is 24.3 Å². The highest BCUT2D eigenvalue weighted by Gasteiger charge is 1.90. The predicted molar refractivity (Wildman–Crippen MR) is 61.0 cm³/mol. The predicted octanol–water partition coefficient (Wildman–Crippen LogP) is 0.232. The Bertz CT molecular complexity index is 198. The number of hydrogen-bond acceptors (Lipinski definition) is 4. The molecule has 0 rings (SSSR count). The van der Waals surface area contributed by atoms with Gasteiger partial charge in [-0.3, -0.25) is 0 Å². The zero-order valence-electron chi connectivity index (χ0n) is 9.56. The number of carbonyl (C=O) groups is 2. The van der Waals surface area contributed by atoms with Gasteiger partial charge in [0.05, 0.1) is 6.61 Å². The third-order valence-electron chi connectivity index (χ3n) is 0.859. The second-order valence-corrected chi connectivity index (χ2v) is 2.68. The lowest BCUT2D eigenvalue weighted by atomic mass is 10.4. The van der Waals surface area contributed by atoms with Crippen LogP contribution in [0.4, 0.5) is 0 Å². The number of aliphatic hydroxyl groups excluding tert-OH is 1. The van der Waals surface area contributed by atoms with Gasteiger partial charge in [-0.1, -0.05) is 13.2 Å². The van der Waals surface area contributed by atoms with E-state index in [0.29, 0.717) is 6.54 Å². The summed E-state index contributed by atoms with van der Waals surface area (Å²) in [5.74, 6) is -1.87. The van der Waals surface area contributed by atoms with E-state index in [0.717, 1.165) is 0 Å². The van der Waals surface area contributed by atoms with E-state index in [2.05, 4.69) is 13.2 Å². The maximum absolute atomic E-state index is 9.60. The smallest absolute Gasteiger partial charge is 0.330 e. The average Bonchev–Trinajstić information content (AvgIpc) is 2.18. The molecule has 16 heavy (non-hydrogen) atoms. The molecule has 0 aromatic rings. The van der Waals surface area contributed by atoms with Crippen LogP contribution >= 0.6 is 0 Å². The molecule has 0 atom stereocenters. The van der Waals surface area contributed by atoms with E-state index in [4.69, 9.17) is 21.1 Å². The third kappa shape index (κ3) is 29.5. The minimum atomic E-state index is -0.935. The molecular weight excluding hydrogens is 214 g/mol. The molecule has 0 fully saturated rings. The maximum atomic E-state index is 9.60. The highest BCUT2D eigenvalue weighted by molar-refractivity contribution is 5.85. The summed E-state index contributed by atoms with van der Waals surface area (Å²) in [5, 5.41) is 23.5. The summed E-state index contributed by atoms with van der Waals surface area (Å²) in [7, 11) is 0. The van der Waals surface area contributed by atoms with Crippen LogP contribution in [-0.4, -0.2) is 40.4 Å². The molecule has 5 N–H and O–H groups in total. The molecular formula is C10H19NO5. The zero-order chi connectivity index (χ0) is 13.7. The average molecular weight is 233 g/mol. The van der Waals surface area contributed by atoms with E-state index in [-0.39, 0.29) is 17.8 Å². The monoisotopic (exact) mass is 233 g/mol. The molecule has 0 amide bonds. The number of aliphatic carboxylic acids is 2. The Morgan fingerprint density at radius 3 is 1.19 bits per heavy atom. The Morgan fingerprint density at radius 1 is 1.06 bits per heavy atom. The fourth-order valence-corrected chi connectivity index (χ4v) is 0. The summed E-state index contributed by atoms with van der Waals surface area (Å²) in [6.45, 7) is 9.68. The Balaban J connectivity index is -0.000000162. The number of carboxylic acids is 2. The molecule has 0 spiro atoms. The van der Waals surface area contributed by atoms with Gasteiger partial charge in [0, 0.05) is 17.7 Å². The summed E-state index contributed by atoms with van der Waals surface area (Å²) in [6, 6.07) is 0. The molecule has 6 heteroatoms. The minimum Gasteiger partial charge on any atom is -0.478 e. The van der Waals surface area contributed by atoms with Crippen molar-refractivity contribution < 1.29 is 24.9 Å². The lowest BCUT2D eigenvalue weighted by Gasteiger charge is -1.79. The van der Waals surface area contributed by atoms with Gasteiger partial charge in [-0.2, -0.15) is 0 Å². The number of aliphatic hydroxyl groups is 1. The molecule has 0 saturated carbocycles. The van der Waals surface area contributed by atoms with E-state index >= 15 is 0 Å². The van der Waals surface area contributed by atoms with Crippen LogP contribution in [0.2, 0.25) is 0 Å². The zero-order valence-corrected chi connectivity index (χ0v) is 9.56. The Morgan fingerprint density at radius 2 is 1.19 bits per heavy atom. The normalized spacial score (nSPS) is 7.50. The molecule has 0 heterocycles. The van der Waals surface area contributed by atoms with Crippen LogP contribution in [-0.2, 0) is 9.59 Å². The molecule has 0 aliphatic carbocycles. The van der Waals surface area contributed by atoms with E-state index in [1.54, 1.807) is 0 Å². The first-order valence-electron chi connectivity index (χ1n) is 4.29. The lowest BCUT2D eigenvalue weighted by molar-refractivity contribution is -0.133. The van der Waals surface area contributed by atoms with E-state index in [1.165, 1.54) is 13.8 Å². The molecule has 0 bridgehead atoms. The van der Waals surface area contributed by atoms with Crippen molar-refractivity contribution in [3.05, 3.63) is 24.3 Å². The summed E-state index contributed by atoms with van der Waals surface area (Å²) >= 11 is 0. The van der Waals surface area contributed by atoms with E-state index < -0.39 is 11.9 Å². The Hall–Kier alpha value is -1.66. The SMILES string of the molecule is C=C(C)C(=O)O.C=C(C)C(=O)O.NCCO. The van der Waals surface area contributed by atoms with Crippen molar-refractivity contribution in [3.8, 4) is 0 Å². The van der Waals surface area contributed by atoms with Crippen LogP contribution in [0.5, 0.6) is 0 Å². The van der Waals surface area contributed by atoms with Crippen molar-refractivity contribution in [2.45, 2.75) is 13.8 Å². The highest BCUT2D eigenvalue weighted by Crippen LogP contribution is 1.81. The van der Waals surface area contributed by atoms with E-state index in [1.807, 2.05) is 0 Å². The molecule has 0 aliphatic rings. The second kappa shape index (κ2) is 13.3. The number of rotatable bonds is 3. The first-order chi connectivity index (χ1) is 7.20. The summed E-state index contributed by atoms with van der Waals surface area (Å²) in [5.41, 5.74) is 5.13. The van der Waals surface area contributed by atoms with Gasteiger partial charge in [-0.25, -0.2) is 9.59 Å². The maximum Gasteiger partial charge on any atom is 0.330 e. The van der Waals surface area contributed by atoms with Gasteiger partial charge in [0.1, 0.15) is 0 Å². The molecule has 0 aromatic heterocycles. The van der Waals surface area contributed by atoms with Gasteiger partial charge < -0.3 is 21.1 Å². The molecule has 0 aromatic carbocycles. The number of nitrogens with two attached hydrogens (primary N) is 1. The van der Waals surface area contributed by atoms with Crippen molar-refractivity contribution >= 4 is 11.9 Å². The van der Waals surface area contributed by atoms with Crippen molar-refractivity contribution in [1.82, 2.24) is 0 Å². The summed E-state index contributed by atoms with van der Waals surface area (Å²) in [4.78, 5) is 19.2. The fourth-order valence-electron chi connectivity index (χ4n) is 0. The molecule has 0 radical (unpaired) electrons. The van der Waals surface area contributed by atoms with Gasteiger partial charge in [0.2, 0.25) is 0 Å². The second-order valence-electron chi connectivity index (χ2n) is 2.68. The molecule has 6 nitrogen and oxygen atoms in total. The first kappa shape index (κ1) is 19.8. The fraction of sp³-hybridized carbons (Fsp3) is 0.400. The molecule has 94 valence electrons. The lowest BCUT2D eigenvalue weighted by Crippen LogP contribution is -2.02. The molecule has 0 aliphatic heterocycles. The van der Waals surface area contributed by atoms with Crippen molar-refractivity contribution in [2.75, 3.05) is 13.2 Å². The van der Waals surface area contributed by atoms with Crippen LogP contribution in [0.25, 0.3) is 0 Å². The van der Waals surface area contributed by atoms with E-state index in [9.17, 15) is 9.59 Å². The van der Waals surface area contributed by atoms with Crippen molar-refractivity contribution in [3.63, 3.8) is 0 Å². The standard InChI is InChI=1S/2C4H6O2.C2H7NO/c2*1-3(2)4(5)6;3-1-2-4/h2*1H2,2H3,(H,5,6);4H,1-3H2. The Kier molecular flexibility index (Phi) is 16.5. The van der Waals surface area contributed by atoms with Gasteiger partial charge in [0.15, 0.2) is 0 Å². The number of hydrogen-bond donors (Lipinski definition) is 4. The van der Waals surface area contributed by atoms with Crippen LogP contribution < -0.4 is 5.73 Å². The molecule has 0 saturated heterocycles. The highest BCUT2D eigenvalue weighted by atomic mass is 16.4. The van der Waals surface area contributed by atoms with Crippen LogP contribution in [0, 0.1) is 0 Å². The minimum absolute atomic E-state index is 0.0972. The summed E-state index contributed by atoms with van der Waals surface area (Å²) < 4.78 is 0. The Labute approximate surface area is 94.7 Å².